The Morgan fingerprint density at radius 3 is 2.33 bits per heavy atom. The van der Waals surface area contributed by atoms with Crippen molar-refractivity contribution >= 4 is 35.0 Å². The van der Waals surface area contributed by atoms with Crippen molar-refractivity contribution in [1.82, 2.24) is 10.2 Å². The molecule has 0 radical (unpaired) electrons. The number of nitrogens with one attached hydrogen (secondary N) is 1. The predicted octanol–water partition coefficient (Wildman–Crippen LogP) is 6.25. The minimum absolute atomic E-state index is 0.152. The molecule has 1 N–H and O–H groups in total. The lowest BCUT2D eigenvalue weighted by Crippen LogP contribution is -2.54. The first-order valence-corrected chi connectivity index (χ1v) is 13.8. The Kier molecular flexibility index (Phi) is 9.41. The number of benzene rings is 3. The van der Waals surface area contributed by atoms with Crippen LogP contribution in [0, 0.1) is 0 Å². The monoisotopic (exact) mass is 568 g/mol. The first-order chi connectivity index (χ1) is 18.6. The molecular weight excluding hydrogens is 535 g/mol. The van der Waals surface area contributed by atoms with E-state index in [4.69, 9.17) is 32.7 Å². The van der Waals surface area contributed by atoms with Crippen LogP contribution in [-0.2, 0) is 29.0 Å². The smallest absolute Gasteiger partial charge is 0.243 e. The van der Waals surface area contributed by atoms with Crippen LogP contribution in [0.1, 0.15) is 43.9 Å². The molecule has 2 amide bonds. The molecule has 4 rings (SSSR count). The molecular formula is C31H34Cl2N2O4. The van der Waals surface area contributed by atoms with Crippen molar-refractivity contribution < 1.29 is 19.1 Å². The molecule has 0 aromatic heterocycles. The van der Waals surface area contributed by atoms with Gasteiger partial charge in [0.05, 0.1) is 0 Å². The lowest BCUT2D eigenvalue weighted by Gasteiger charge is -2.34. The van der Waals surface area contributed by atoms with Gasteiger partial charge in [0.1, 0.15) is 19.3 Å². The summed E-state index contributed by atoms with van der Waals surface area (Å²) in [6.45, 7) is 6.96. The molecule has 3 aromatic carbocycles. The van der Waals surface area contributed by atoms with E-state index < -0.39 is 11.6 Å². The minimum Gasteiger partial charge on any atom is -0.486 e. The van der Waals surface area contributed by atoms with E-state index in [1.165, 1.54) is 0 Å². The van der Waals surface area contributed by atoms with Crippen molar-refractivity contribution in [3.8, 4) is 11.5 Å². The molecule has 1 aliphatic heterocycles. The second kappa shape index (κ2) is 12.8. The third kappa shape index (κ3) is 8.13. The Bertz CT molecular complexity index is 1310. The largest absolute Gasteiger partial charge is 0.486 e. The molecule has 0 fully saturated rings. The van der Waals surface area contributed by atoms with Gasteiger partial charge in [0, 0.05) is 35.0 Å². The number of hydrogen-bond donors (Lipinski definition) is 1. The molecule has 0 spiro atoms. The molecule has 8 heteroatoms. The van der Waals surface area contributed by atoms with E-state index in [0.717, 1.165) is 16.7 Å². The van der Waals surface area contributed by atoms with Crippen molar-refractivity contribution in [3.05, 3.63) is 93.5 Å². The normalized spacial score (nSPS) is 13.5. The average Bonchev–Trinajstić information content (AvgIpc) is 2.90. The van der Waals surface area contributed by atoms with Crippen molar-refractivity contribution in [3.63, 3.8) is 0 Å². The van der Waals surface area contributed by atoms with Crippen LogP contribution in [0.2, 0.25) is 10.0 Å². The summed E-state index contributed by atoms with van der Waals surface area (Å²) in [6.07, 6.45) is 1.06. The van der Waals surface area contributed by atoms with Gasteiger partial charge in [-0.2, -0.15) is 0 Å². The van der Waals surface area contributed by atoms with Crippen LogP contribution in [0.3, 0.4) is 0 Å². The van der Waals surface area contributed by atoms with Gasteiger partial charge in [-0.05, 0) is 68.1 Å². The van der Waals surface area contributed by atoms with Gasteiger partial charge in [-0.1, -0.05) is 65.7 Å². The third-order valence-electron chi connectivity index (χ3n) is 6.36. The van der Waals surface area contributed by atoms with Crippen molar-refractivity contribution in [2.45, 2.75) is 58.2 Å². The number of aryl methyl sites for hydroxylation is 1. The lowest BCUT2D eigenvalue weighted by molar-refractivity contribution is -0.141. The number of carbonyl (C=O) groups excluding carboxylic acids is 2. The molecule has 1 heterocycles. The fraction of sp³-hybridized carbons (Fsp3) is 0.355. The summed E-state index contributed by atoms with van der Waals surface area (Å²) in [7, 11) is 0. The standard InChI is InChI=1S/C31H34Cl2N2O4/c1-31(2,3)34-30(37)26(17-21-7-5-4-6-8-21)35(20-23-11-12-24(32)19-25(23)33)29(36)14-10-22-9-13-27-28(18-22)39-16-15-38-27/h4-9,11-13,18-19,26H,10,14-17,20H2,1-3H3,(H,34,37). The Morgan fingerprint density at radius 1 is 0.923 bits per heavy atom. The third-order valence-corrected chi connectivity index (χ3v) is 6.95. The molecule has 3 aromatic rings. The number of rotatable bonds is 9. The number of carbonyl (C=O) groups is 2. The Morgan fingerprint density at radius 2 is 1.64 bits per heavy atom. The van der Waals surface area contributed by atoms with E-state index >= 15 is 0 Å². The first-order valence-electron chi connectivity index (χ1n) is 13.1. The molecule has 39 heavy (non-hydrogen) atoms. The predicted molar refractivity (Wildman–Crippen MR) is 155 cm³/mol. The van der Waals surface area contributed by atoms with Crippen LogP contribution in [0.15, 0.2) is 66.7 Å². The number of amides is 2. The Hall–Kier alpha value is -3.22. The molecule has 0 saturated carbocycles. The zero-order chi connectivity index (χ0) is 28.0. The average molecular weight is 570 g/mol. The maximum absolute atomic E-state index is 13.9. The number of hydrogen-bond acceptors (Lipinski definition) is 4. The summed E-state index contributed by atoms with van der Waals surface area (Å²) < 4.78 is 11.3. The zero-order valence-corrected chi connectivity index (χ0v) is 24.0. The van der Waals surface area contributed by atoms with Crippen molar-refractivity contribution in [1.29, 1.82) is 0 Å². The van der Waals surface area contributed by atoms with E-state index in [9.17, 15) is 9.59 Å². The van der Waals surface area contributed by atoms with Gasteiger partial charge in [0.15, 0.2) is 11.5 Å². The Balaban J connectivity index is 1.63. The second-order valence-electron chi connectivity index (χ2n) is 10.7. The van der Waals surface area contributed by atoms with E-state index in [-0.39, 0.29) is 24.8 Å². The highest BCUT2D eigenvalue weighted by molar-refractivity contribution is 6.35. The van der Waals surface area contributed by atoms with Gasteiger partial charge in [-0.3, -0.25) is 9.59 Å². The first kappa shape index (κ1) is 28.8. The molecule has 1 unspecified atom stereocenters. The topological polar surface area (TPSA) is 67.9 Å². The van der Waals surface area contributed by atoms with Crippen LogP contribution < -0.4 is 14.8 Å². The molecule has 6 nitrogen and oxygen atoms in total. The highest BCUT2D eigenvalue weighted by Gasteiger charge is 2.32. The number of fused-ring (bicyclic) bond motifs is 1. The maximum Gasteiger partial charge on any atom is 0.243 e. The van der Waals surface area contributed by atoms with E-state index in [1.807, 2.05) is 69.3 Å². The maximum atomic E-state index is 13.9. The molecule has 1 atom stereocenters. The van der Waals surface area contributed by atoms with Gasteiger partial charge in [-0.25, -0.2) is 0 Å². The second-order valence-corrected chi connectivity index (χ2v) is 11.5. The van der Waals surface area contributed by atoms with Gasteiger partial charge in [0.25, 0.3) is 0 Å². The molecule has 206 valence electrons. The summed E-state index contributed by atoms with van der Waals surface area (Å²) in [5.41, 5.74) is 2.16. The van der Waals surface area contributed by atoms with E-state index in [1.54, 1.807) is 23.1 Å². The van der Waals surface area contributed by atoms with Crippen molar-refractivity contribution in [2.75, 3.05) is 13.2 Å². The highest BCUT2D eigenvalue weighted by atomic mass is 35.5. The number of ether oxygens (including phenoxy) is 2. The zero-order valence-electron chi connectivity index (χ0n) is 22.5. The summed E-state index contributed by atoms with van der Waals surface area (Å²) in [5, 5.41) is 4.03. The van der Waals surface area contributed by atoms with Gasteiger partial charge in [-0.15, -0.1) is 0 Å². The van der Waals surface area contributed by atoms with Crippen LogP contribution in [-0.4, -0.2) is 41.5 Å². The van der Waals surface area contributed by atoms with Crippen LogP contribution >= 0.6 is 23.2 Å². The molecule has 1 aliphatic rings. The van der Waals surface area contributed by atoms with Crippen LogP contribution in [0.4, 0.5) is 0 Å². The van der Waals surface area contributed by atoms with Gasteiger partial charge in [0.2, 0.25) is 11.8 Å². The fourth-order valence-electron chi connectivity index (χ4n) is 4.48. The van der Waals surface area contributed by atoms with E-state index in [2.05, 4.69) is 5.32 Å². The minimum atomic E-state index is -0.744. The quantitative estimate of drug-likeness (QED) is 0.331. The SMILES string of the molecule is CC(C)(C)NC(=O)C(Cc1ccccc1)N(Cc1ccc(Cl)cc1Cl)C(=O)CCc1ccc2c(c1)OCCO2. The lowest BCUT2D eigenvalue weighted by atomic mass is 9.99. The number of nitrogens with zero attached hydrogens (tertiary/aromatic N) is 1. The molecule has 0 aliphatic carbocycles. The van der Waals surface area contributed by atoms with Gasteiger partial charge < -0.3 is 19.7 Å². The van der Waals surface area contributed by atoms with Gasteiger partial charge >= 0.3 is 0 Å². The molecule has 0 saturated heterocycles. The molecule has 0 bridgehead atoms. The highest BCUT2D eigenvalue weighted by Crippen LogP contribution is 2.31. The Labute approximate surface area is 240 Å². The fourth-order valence-corrected chi connectivity index (χ4v) is 4.95. The summed E-state index contributed by atoms with van der Waals surface area (Å²) >= 11 is 12.6. The summed E-state index contributed by atoms with van der Waals surface area (Å²) in [4.78, 5) is 29.2. The van der Waals surface area contributed by atoms with Crippen LogP contribution in [0.5, 0.6) is 11.5 Å². The van der Waals surface area contributed by atoms with E-state index in [0.29, 0.717) is 47.6 Å². The van der Waals surface area contributed by atoms with Crippen molar-refractivity contribution in [2.24, 2.45) is 0 Å². The summed E-state index contributed by atoms with van der Waals surface area (Å²) in [5.74, 6) is 1.02. The van der Waals surface area contributed by atoms with Crippen LogP contribution in [0.25, 0.3) is 0 Å². The number of halogens is 2. The summed E-state index contributed by atoms with van der Waals surface area (Å²) in [6, 6.07) is 19.9.